The number of carbonyl (C=O) groups excluding carboxylic acids is 1. The second-order valence-corrected chi connectivity index (χ2v) is 3.19. The van der Waals surface area contributed by atoms with Crippen LogP contribution in [-0.2, 0) is 4.79 Å². The van der Waals surface area contributed by atoms with E-state index in [0.717, 1.165) is 0 Å². The molecule has 0 saturated heterocycles. The van der Waals surface area contributed by atoms with Crippen molar-refractivity contribution in [1.82, 2.24) is 6.15 Å². The van der Waals surface area contributed by atoms with Crippen molar-refractivity contribution < 1.29 is 15.0 Å². The van der Waals surface area contributed by atoms with E-state index in [1.54, 1.807) is 0 Å². The molecular weight excluding hydrogens is 146 g/mol. The van der Waals surface area contributed by atoms with Crippen molar-refractivity contribution in [1.29, 1.82) is 0 Å². The first-order valence-electron chi connectivity index (χ1n) is 3.29. The van der Waals surface area contributed by atoms with Crippen molar-refractivity contribution in [3.05, 3.63) is 0 Å². The third-order valence-electron chi connectivity index (χ3n) is 1.43. The largest absolute Gasteiger partial charge is 0.550 e. The average molecular weight is 163 g/mol. The number of carbonyl (C=O) groups is 1. The Labute approximate surface area is 66.8 Å². The van der Waals surface area contributed by atoms with E-state index in [2.05, 4.69) is 0 Å². The zero-order valence-electron chi connectivity index (χ0n) is 7.39. The summed E-state index contributed by atoms with van der Waals surface area (Å²) in [5, 5.41) is 18.7. The van der Waals surface area contributed by atoms with Gasteiger partial charge in [-0.25, -0.2) is 0 Å². The molecule has 0 amide bonds. The van der Waals surface area contributed by atoms with Crippen LogP contribution in [0, 0.1) is 5.41 Å². The van der Waals surface area contributed by atoms with Gasteiger partial charge in [-0.1, -0.05) is 13.8 Å². The molecule has 11 heavy (non-hydrogen) atoms. The van der Waals surface area contributed by atoms with Gasteiger partial charge in [0.2, 0.25) is 0 Å². The minimum atomic E-state index is -1.05. The van der Waals surface area contributed by atoms with Gasteiger partial charge >= 0.3 is 0 Å². The summed E-state index contributed by atoms with van der Waals surface area (Å²) in [5.41, 5.74) is -0.292. The van der Waals surface area contributed by atoms with Crippen LogP contribution >= 0.6 is 0 Å². The van der Waals surface area contributed by atoms with Gasteiger partial charge in [0, 0.05) is 12.6 Å². The average Bonchev–Trinajstić information content (AvgIpc) is 1.85. The van der Waals surface area contributed by atoms with Crippen LogP contribution in [0.5, 0.6) is 0 Å². The first kappa shape index (κ1) is 13.0. The fourth-order valence-corrected chi connectivity index (χ4v) is 0.520. The fourth-order valence-electron chi connectivity index (χ4n) is 0.520. The number of aliphatic hydroxyl groups is 1. The van der Waals surface area contributed by atoms with E-state index in [1.807, 2.05) is 13.8 Å². The third kappa shape index (κ3) is 7.29. The fraction of sp³-hybridized carbons (Fsp3) is 0.857. The monoisotopic (exact) mass is 163 g/mol. The van der Waals surface area contributed by atoms with Gasteiger partial charge in [0.1, 0.15) is 0 Å². The highest BCUT2D eigenvalue weighted by Gasteiger charge is 2.15. The molecule has 0 aromatic carbocycles. The molecule has 0 saturated carbocycles. The van der Waals surface area contributed by atoms with E-state index in [-0.39, 0.29) is 24.6 Å². The summed E-state index contributed by atoms with van der Waals surface area (Å²) < 4.78 is 0. The van der Waals surface area contributed by atoms with Crippen molar-refractivity contribution in [3.63, 3.8) is 0 Å². The summed E-state index contributed by atoms with van der Waals surface area (Å²) >= 11 is 0. The second-order valence-electron chi connectivity index (χ2n) is 3.19. The summed E-state index contributed by atoms with van der Waals surface area (Å²) in [5.74, 6) is -1.05. The Balaban J connectivity index is 0. The number of aliphatic carboxylic acids is 1. The number of hydrogen-bond donors (Lipinski definition) is 2. The molecule has 4 nitrogen and oxygen atoms in total. The highest BCUT2D eigenvalue weighted by Crippen LogP contribution is 2.20. The molecule has 0 rings (SSSR count). The summed E-state index contributed by atoms with van der Waals surface area (Å²) in [4.78, 5) is 9.97. The number of quaternary nitrogens is 1. The van der Waals surface area contributed by atoms with E-state index in [0.29, 0.717) is 6.42 Å². The first-order valence-corrected chi connectivity index (χ1v) is 3.29. The van der Waals surface area contributed by atoms with Gasteiger partial charge in [0.05, 0.1) is 0 Å². The van der Waals surface area contributed by atoms with Gasteiger partial charge < -0.3 is 21.2 Å². The quantitative estimate of drug-likeness (QED) is 0.606. The Bertz CT molecular complexity index is 123. The predicted octanol–water partition coefficient (Wildman–Crippen LogP) is -0.0888. The van der Waals surface area contributed by atoms with Crippen molar-refractivity contribution >= 4 is 5.97 Å². The van der Waals surface area contributed by atoms with Crippen LogP contribution in [-0.4, -0.2) is 17.7 Å². The normalized spacial score (nSPS) is 10.5. The summed E-state index contributed by atoms with van der Waals surface area (Å²) in [6, 6.07) is 0. The second kappa shape index (κ2) is 5.09. The number of hydrogen-bond acceptors (Lipinski definition) is 3. The molecule has 0 aromatic heterocycles. The smallest absolute Gasteiger partial charge is 0.0482 e. The molecule has 0 heterocycles. The standard InChI is InChI=1S/C7H14O3.H3N/c1-7(2,5-8)4-3-6(9)10;/h8H,3-5H2,1-2H3,(H,9,10);1H3. The minimum Gasteiger partial charge on any atom is -0.550 e. The zero-order valence-corrected chi connectivity index (χ0v) is 7.39. The van der Waals surface area contributed by atoms with Crippen LogP contribution < -0.4 is 11.3 Å². The summed E-state index contributed by atoms with van der Waals surface area (Å²) in [6.07, 6.45) is 0.486. The number of carboxylic acid groups (broad SMARTS) is 1. The SMILES string of the molecule is CC(C)(CO)CCC(=O)[O-].[NH4+]. The molecule has 68 valence electrons. The highest BCUT2D eigenvalue weighted by atomic mass is 16.4. The van der Waals surface area contributed by atoms with Gasteiger partial charge in [0.25, 0.3) is 0 Å². The van der Waals surface area contributed by atoms with Crippen LogP contribution in [0.3, 0.4) is 0 Å². The molecule has 0 aliphatic carbocycles. The molecule has 0 bridgehead atoms. The number of aliphatic hydroxyl groups excluding tert-OH is 1. The highest BCUT2D eigenvalue weighted by molar-refractivity contribution is 5.64. The molecule has 0 spiro atoms. The van der Waals surface area contributed by atoms with Crippen molar-refractivity contribution in [2.75, 3.05) is 6.61 Å². The van der Waals surface area contributed by atoms with Crippen LogP contribution in [0.15, 0.2) is 0 Å². The van der Waals surface area contributed by atoms with E-state index in [4.69, 9.17) is 5.11 Å². The topological polar surface area (TPSA) is 96.9 Å². The van der Waals surface area contributed by atoms with Crippen molar-refractivity contribution in [2.24, 2.45) is 5.41 Å². The molecule has 0 aliphatic heterocycles. The van der Waals surface area contributed by atoms with E-state index in [1.165, 1.54) is 0 Å². The minimum absolute atomic E-state index is 0. The molecule has 0 radical (unpaired) electrons. The number of rotatable bonds is 4. The maximum atomic E-state index is 9.97. The van der Waals surface area contributed by atoms with E-state index in [9.17, 15) is 9.90 Å². The molecule has 0 fully saturated rings. The Morgan fingerprint density at radius 3 is 2.27 bits per heavy atom. The van der Waals surface area contributed by atoms with Gasteiger partial charge in [-0.05, 0) is 18.3 Å². The number of carboxylic acids is 1. The lowest BCUT2D eigenvalue weighted by Crippen LogP contribution is -2.26. The Morgan fingerprint density at radius 2 is 2.00 bits per heavy atom. The predicted molar refractivity (Wildman–Crippen MR) is 41.1 cm³/mol. The van der Waals surface area contributed by atoms with Crippen LogP contribution in [0.25, 0.3) is 0 Å². The lowest BCUT2D eigenvalue weighted by atomic mass is 9.89. The molecule has 0 unspecified atom stereocenters. The Hall–Kier alpha value is -0.610. The molecule has 0 aliphatic rings. The van der Waals surface area contributed by atoms with Crippen molar-refractivity contribution in [3.8, 4) is 0 Å². The lowest BCUT2D eigenvalue weighted by molar-refractivity contribution is -0.306. The molecule has 4 heteroatoms. The van der Waals surface area contributed by atoms with Crippen LogP contribution in [0.2, 0.25) is 0 Å². The van der Waals surface area contributed by atoms with Gasteiger partial charge in [-0.3, -0.25) is 0 Å². The summed E-state index contributed by atoms with van der Waals surface area (Å²) in [7, 11) is 0. The Kier molecular flexibility index (Phi) is 6.03. The Morgan fingerprint density at radius 1 is 1.55 bits per heavy atom. The maximum Gasteiger partial charge on any atom is 0.0482 e. The third-order valence-corrected chi connectivity index (χ3v) is 1.43. The molecular formula is C7H17NO3. The van der Waals surface area contributed by atoms with E-state index < -0.39 is 5.97 Å². The maximum absolute atomic E-state index is 9.97. The van der Waals surface area contributed by atoms with Gasteiger partial charge in [-0.2, -0.15) is 0 Å². The van der Waals surface area contributed by atoms with Crippen LogP contribution in [0.4, 0.5) is 0 Å². The van der Waals surface area contributed by atoms with Gasteiger partial charge in [-0.15, -0.1) is 0 Å². The molecule has 5 N–H and O–H groups in total. The van der Waals surface area contributed by atoms with Crippen LogP contribution in [0.1, 0.15) is 26.7 Å². The molecule has 0 atom stereocenters. The zero-order chi connectivity index (χ0) is 8.20. The van der Waals surface area contributed by atoms with Crippen molar-refractivity contribution in [2.45, 2.75) is 26.7 Å². The van der Waals surface area contributed by atoms with Gasteiger partial charge in [0.15, 0.2) is 0 Å². The van der Waals surface area contributed by atoms with E-state index >= 15 is 0 Å². The lowest BCUT2D eigenvalue weighted by Gasteiger charge is -2.21. The molecule has 0 aromatic rings. The first-order chi connectivity index (χ1) is 4.48. The summed E-state index contributed by atoms with van der Waals surface area (Å²) in [6.45, 7) is 3.64.